The molecule has 1 heterocycles. The number of benzene rings is 1. The second-order valence-corrected chi connectivity index (χ2v) is 5.66. The van der Waals surface area contributed by atoms with Gasteiger partial charge in [-0.2, -0.15) is 0 Å². The van der Waals surface area contributed by atoms with Crippen LogP contribution in [-0.2, 0) is 0 Å². The van der Waals surface area contributed by atoms with E-state index in [1.54, 1.807) is 11.3 Å². The number of rotatable bonds is 4. The molecule has 3 N–H and O–H groups in total. The molecule has 2 rings (SSSR count). The van der Waals surface area contributed by atoms with Gasteiger partial charge in [0.2, 0.25) is 0 Å². The van der Waals surface area contributed by atoms with Crippen molar-refractivity contribution in [2.45, 2.75) is 32.9 Å². The van der Waals surface area contributed by atoms with Crippen molar-refractivity contribution in [1.29, 1.82) is 0 Å². The zero-order valence-electron chi connectivity index (χ0n) is 11.0. The zero-order valence-corrected chi connectivity index (χ0v) is 11.8. The van der Waals surface area contributed by atoms with E-state index in [9.17, 15) is 0 Å². The van der Waals surface area contributed by atoms with Gasteiger partial charge in [0.1, 0.15) is 0 Å². The first-order chi connectivity index (χ1) is 8.58. The Balaban J connectivity index is 2.08. The number of aryl methyl sites for hydroxylation is 1. The number of nitrogens with two attached hydrogens (primary N) is 1. The molecule has 3 nitrogen and oxygen atoms in total. The second kappa shape index (κ2) is 5.50. The minimum absolute atomic E-state index is 0.259. The van der Waals surface area contributed by atoms with Gasteiger partial charge in [-0.15, -0.1) is 11.3 Å². The third kappa shape index (κ3) is 2.89. The van der Waals surface area contributed by atoms with E-state index < -0.39 is 0 Å². The highest BCUT2D eigenvalue weighted by Gasteiger charge is 2.14. The zero-order chi connectivity index (χ0) is 13.1. The lowest BCUT2D eigenvalue weighted by Gasteiger charge is -2.20. The number of nitrogen functional groups attached to an aromatic ring is 1. The molecule has 1 aromatic carbocycles. The fourth-order valence-electron chi connectivity index (χ4n) is 2.12. The van der Waals surface area contributed by atoms with Crippen molar-refractivity contribution in [2.24, 2.45) is 0 Å². The number of thiazole rings is 1. The van der Waals surface area contributed by atoms with Gasteiger partial charge in [-0.1, -0.05) is 24.3 Å². The van der Waals surface area contributed by atoms with Crippen LogP contribution in [0.3, 0.4) is 0 Å². The fourth-order valence-corrected chi connectivity index (χ4v) is 2.82. The Kier molecular flexibility index (Phi) is 3.99. The topological polar surface area (TPSA) is 50.9 Å². The van der Waals surface area contributed by atoms with Gasteiger partial charge in [-0.05, 0) is 31.9 Å². The molecule has 2 atom stereocenters. The summed E-state index contributed by atoms with van der Waals surface area (Å²) in [7, 11) is 0. The standard InChI is InChI=1S/C14H19N3S/c1-9-6-4-5-7-12(9)10(2)17-11(3)13-8-16-14(15)18-13/h4-8,10-11,17H,1-3H3,(H2,15,16). The molecule has 0 spiro atoms. The van der Waals surface area contributed by atoms with E-state index in [0.717, 1.165) is 0 Å². The molecule has 0 bridgehead atoms. The van der Waals surface area contributed by atoms with Crippen LogP contribution in [0.4, 0.5) is 5.13 Å². The molecule has 1 aromatic heterocycles. The monoisotopic (exact) mass is 261 g/mol. The first kappa shape index (κ1) is 13.1. The summed E-state index contributed by atoms with van der Waals surface area (Å²) >= 11 is 1.54. The van der Waals surface area contributed by atoms with Crippen LogP contribution in [0.1, 0.15) is 41.9 Å². The van der Waals surface area contributed by atoms with Gasteiger partial charge in [-0.25, -0.2) is 4.98 Å². The van der Waals surface area contributed by atoms with Crippen molar-refractivity contribution in [3.05, 3.63) is 46.5 Å². The molecular weight excluding hydrogens is 242 g/mol. The molecule has 0 aliphatic rings. The summed E-state index contributed by atoms with van der Waals surface area (Å²) in [6.45, 7) is 6.47. The largest absolute Gasteiger partial charge is 0.375 e. The average molecular weight is 261 g/mol. The van der Waals surface area contributed by atoms with Crippen LogP contribution in [0, 0.1) is 6.92 Å². The van der Waals surface area contributed by atoms with Crippen LogP contribution in [0.25, 0.3) is 0 Å². The van der Waals surface area contributed by atoms with Crippen molar-refractivity contribution >= 4 is 16.5 Å². The molecule has 0 amide bonds. The smallest absolute Gasteiger partial charge is 0.180 e. The van der Waals surface area contributed by atoms with Crippen molar-refractivity contribution in [2.75, 3.05) is 5.73 Å². The van der Waals surface area contributed by atoms with E-state index in [1.165, 1.54) is 16.0 Å². The van der Waals surface area contributed by atoms with Crippen LogP contribution in [0.5, 0.6) is 0 Å². The van der Waals surface area contributed by atoms with E-state index in [1.807, 2.05) is 6.20 Å². The number of aromatic nitrogens is 1. The molecule has 0 aliphatic heterocycles. The normalized spacial score (nSPS) is 14.4. The van der Waals surface area contributed by atoms with Crippen molar-refractivity contribution in [1.82, 2.24) is 10.3 Å². The van der Waals surface area contributed by atoms with Gasteiger partial charge < -0.3 is 11.1 Å². The van der Waals surface area contributed by atoms with Crippen LogP contribution < -0.4 is 11.1 Å². The van der Waals surface area contributed by atoms with Gasteiger partial charge in [0.25, 0.3) is 0 Å². The molecule has 0 saturated heterocycles. The van der Waals surface area contributed by atoms with Crippen molar-refractivity contribution in [3.8, 4) is 0 Å². The Morgan fingerprint density at radius 2 is 1.94 bits per heavy atom. The minimum Gasteiger partial charge on any atom is -0.375 e. The Labute approximate surface area is 112 Å². The molecule has 96 valence electrons. The molecule has 0 aliphatic carbocycles. The summed E-state index contributed by atoms with van der Waals surface area (Å²) in [6, 6.07) is 9.03. The lowest BCUT2D eigenvalue weighted by atomic mass is 10.0. The molecule has 18 heavy (non-hydrogen) atoms. The Morgan fingerprint density at radius 3 is 2.56 bits per heavy atom. The summed E-state index contributed by atoms with van der Waals surface area (Å²) in [4.78, 5) is 5.27. The number of hydrogen-bond acceptors (Lipinski definition) is 4. The molecule has 0 fully saturated rings. The Hall–Kier alpha value is -1.39. The predicted molar refractivity (Wildman–Crippen MR) is 77.7 cm³/mol. The van der Waals surface area contributed by atoms with Crippen LogP contribution in [0.2, 0.25) is 0 Å². The number of hydrogen-bond donors (Lipinski definition) is 2. The minimum atomic E-state index is 0.259. The van der Waals surface area contributed by atoms with Crippen molar-refractivity contribution in [3.63, 3.8) is 0 Å². The van der Waals surface area contributed by atoms with Crippen molar-refractivity contribution < 1.29 is 0 Å². The molecular formula is C14H19N3S. The lowest BCUT2D eigenvalue weighted by Crippen LogP contribution is -2.22. The van der Waals surface area contributed by atoms with E-state index in [-0.39, 0.29) is 6.04 Å². The number of nitrogens with zero attached hydrogens (tertiary/aromatic N) is 1. The highest BCUT2D eigenvalue weighted by Crippen LogP contribution is 2.25. The number of anilines is 1. The average Bonchev–Trinajstić information content (AvgIpc) is 2.76. The summed E-state index contributed by atoms with van der Waals surface area (Å²) in [5.41, 5.74) is 8.31. The molecule has 0 radical (unpaired) electrons. The van der Waals surface area contributed by atoms with Gasteiger partial charge >= 0.3 is 0 Å². The maximum atomic E-state index is 5.66. The van der Waals surface area contributed by atoms with E-state index >= 15 is 0 Å². The quantitative estimate of drug-likeness (QED) is 0.886. The van der Waals surface area contributed by atoms with E-state index in [2.05, 4.69) is 55.3 Å². The highest BCUT2D eigenvalue weighted by molar-refractivity contribution is 7.15. The van der Waals surface area contributed by atoms with Gasteiger partial charge in [0, 0.05) is 23.2 Å². The first-order valence-corrected chi connectivity index (χ1v) is 6.92. The Bertz CT molecular complexity index is 521. The van der Waals surface area contributed by atoms with Crippen LogP contribution >= 0.6 is 11.3 Å². The third-order valence-electron chi connectivity index (χ3n) is 3.12. The molecule has 4 heteroatoms. The van der Waals surface area contributed by atoms with E-state index in [4.69, 9.17) is 5.73 Å². The van der Waals surface area contributed by atoms with Gasteiger partial charge in [-0.3, -0.25) is 0 Å². The second-order valence-electron chi connectivity index (χ2n) is 4.57. The molecule has 2 aromatic rings. The maximum Gasteiger partial charge on any atom is 0.180 e. The number of nitrogens with one attached hydrogen (secondary N) is 1. The molecule has 0 saturated carbocycles. The van der Waals surface area contributed by atoms with Crippen LogP contribution in [0.15, 0.2) is 30.5 Å². The predicted octanol–water partition coefficient (Wildman–Crippen LogP) is 3.45. The Morgan fingerprint density at radius 1 is 1.22 bits per heavy atom. The highest BCUT2D eigenvalue weighted by atomic mass is 32.1. The van der Waals surface area contributed by atoms with E-state index in [0.29, 0.717) is 11.2 Å². The SMILES string of the molecule is Cc1ccccc1C(C)NC(C)c1cnc(N)s1. The lowest BCUT2D eigenvalue weighted by molar-refractivity contribution is 0.498. The summed E-state index contributed by atoms with van der Waals surface area (Å²) < 4.78 is 0. The summed E-state index contributed by atoms with van der Waals surface area (Å²) in [5.74, 6) is 0. The summed E-state index contributed by atoms with van der Waals surface area (Å²) in [6.07, 6.45) is 1.85. The fraction of sp³-hybridized carbons (Fsp3) is 0.357. The first-order valence-electron chi connectivity index (χ1n) is 6.10. The summed E-state index contributed by atoms with van der Waals surface area (Å²) in [5, 5.41) is 4.21. The third-order valence-corrected chi connectivity index (χ3v) is 4.13. The van der Waals surface area contributed by atoms with Gasteiger partial charge in [0.15, 0.2) is 5.13 Å². The maximum absolute atomic E-state index is 5.66. The molecule has 2 unspecified atom stereocenters. The van der Waals surface area contributed by atoms with Gasteiger partial charge in [0.05, 0.1) is 0 Å². The van der Waals surface area contributed by atoms with Crippen LogP contribution in [-0.4, -0.2) is 4.98 Å².